The normalized spacial score (nSPS) is 10.4. The topological polar surface area (TPSA) is 54.9 Å². The summed E-state index contributed by atoms with van der Waals surface area (Å²) in [7, 11) is 0. The van der Waals surface area contributed by atoms with E-state index in [2.05, 4.69) is 31.2 Å². The largest absolute Gasteiger partial charge is 0.306 e. The molecule has 5 heteroatoms. The maximum absolute atomic E-state index is 12.3. The Morgan fingerprint density at radius 2 is 1.85 bits per heavy atom. The molecule has 0 unspecified atom stereocenters. The number of benzene rings is 1. The third kappa shape index (κ3) is 2.53. The van der Waals surface area contributed by atoms with Gasteiger partial charge in [0.25, 0.3) is 5.91 Å². The van der Waals surface area contributed by atoms with Gasteiger partial charge >= 0.3 is 0 Å². The summed E-state index contributed by atoms with van der Waals surface area (Å²) in [5.41, 5.74) is 1.22. The highest BCUT2D eigenvalue weighted by molar-refractivity contribution is 9.10. The number of halogens is 1. The molecule has 20 heavy (non-hydrogen) atoms. The van der Waals surface area contributed by atoms with E-state index >= 15 is 0 Å². The maximum Gasteiger partial charge on any atom is 0.259 e. The summed E-state index contributed by atoms with van der Waals surface area (Å²) < 4.78 is 0.673. The van der Waals surface area contributed by atoms with E-state index in [9.17, 15) is 4.79 Å². The predicted molar refractivity (Wildman–Crippen MR) is 81.6 cm³/mol. The van der Waals surface area contributed by atoms with Crippen molar-refractivity contribution in [3.8, 4) is 0 Å². The monoisotopic (exact) mass is 327 g/mol. The van der Waals surface area contributed by atoms with E-state index in [1.165, 1.54) is 0 Å². The van der Waals surface area contributed by atoms with Crippen molar-refractivity contribution < 1.29 is 4.79 Å². The summed E-state index contributed by atoms with van der Waals surface area (Å²) in [6.07, 6.45) is 1.68. The van der Waals surface area contributed by atoms with Crippen molar-refractivity contribution in [2.45, 2.75) is 0 Å². The van der Waals surface area contributed by atoms with E-state index in [1.54, 1.807) is 24.4 Å². The fourth-order valence-corrected chi connectivity index (χ4v) is 2.29. The molecule has 2 heterocycles. The van der Waals surface area contributed by atoms with Gasteiger partial charge in [0, 0.05) is 11.6 Å². The molecule has 1 aromatic carbocycles. The number of para-hydroxylation sites is 1. The van der Waals surface area contributed by atoms with Crippen LogP contribution in [0.15, 0.2) is 59.3 Å². The van der Waals surface area contributed by atoms with E-state index in [4.69, 9.17) is 0 Å². The number of rotatable bonds is 2. The van der Waals surface area contributed by atoms with Gasteiger partial charge in [-0.25, -0.2) is 4.98 Å². The zero-order chi connectivity index (χ0) is 13.9. The molecule has 3 aromatic rings. The average Bonchev–Trinajstić information content (AvgIpc) is 2.46. The van der Waals surface area contributed by atoms with Gasteiger partial charge in [-0.05, 0) is 40.2 Å². The van der Waals surface area contributed by atoms with Crippen LogP contribution in [0, 0.1) is 0 Å². The Labute approximate surface area is 124 Å². The molecular weight excluding hydrogens is 318 g/mol. The van der Waals surface area contributed by atoms with Gasteiger partial charge in [-0.3, -0.25) is 9.78 Å². The molecule has 98 valence electrons. The molecule has 0 aliphatic rings. The molecule has 0 saturated heterocycles. The van der Waals surface area contributed by atoms with Crippen LogP contribution >= 0.6 is 15.9 Å². The number of hydrogen-bond acceptors (Lipinski definition) is 3. The molecule has 0 aliphatic heterocycles. The predicted octanol–water partition coefficient (Wildman–Crippen LogP) is 3.64. The molecule has 0 atom stereocenters. The van der Waals surface area contributed by atoms with Crippen molar-refractivity contribution in [3.05, 3.63) is 64.9 Å². The van der Waals surface area contributed by atoms with Crippen molar-refractivity contribution in [1.29, 1.82) is 0 Å². The van der Waals surface area contributed by atoms with Gasteiger partial charge < -0.3 is 5.32 Å². The lowest BCUT2D eigenvalue weighted by Gasteiger charge is -2.07. The van der Waals surface area contributed by atoms with Gasteiger partial charge in [0.2, 0.25) is 0 Å². The van der Waals surface area contributed by atoms with Crippen LogP contribution in [0.2, 0.25) is 0 Å². The molecule has 1 amide bonds. The number of fused-ring (bicyclic) bond motifs is 1. The lowest BCUT2D eigenvalue weighted by Crippen LogP contribution is -2.13. The number of carbonyl (C=O) groups is 1. The second-order valence-corrected chi connectivity index (χ2v) is 4.99. The zero-order valence-electron chi connectivity index (χ0n) is 10.4. The highest BCUT2D eigenvalue weighted by Gasteiger charge is 2.11. The van der Waals surface area contributed by atoms with Gasteiger partial charge in [0.15, 0.2) is 0 Å². The summed E-state index contributed by atoms with van der Waals surface area (Å²) >= 11 is 3.27. The Morgan fingerprint density at radius 1 is 1.05 bits per heavy atom. The first-order valence-corrected chi connectivity index (χ1v) is 6.81. The van der Waals surface area contributed by atoms with Gasteiger partial charge in [-0.1, -0.05) is 24.3 Å². The number of anilines is 1. The SMILES string of the molecule is O=C(Nc1cccc(Br)n1)c1cccc2cccnc12. The van der Waals surface area contributed by atoms with Crippen molar-refractivity contribution in [3.63, 3.8) is 0 Å². The van der Waals surface area contributed by atoms with Crippen LogP contribution in [0.5, 0.6) is 0 Å². The van der Waals surface area contributed by atoms with Gasteiger partial charge in [-0.15, -0.1) is 0 Å². The van der Waals surface area contributed by atoms with E-state index < -0.39 is 0 Å². The Morgan fingerprint density at radius 3 is 2.70 bits per heavy atom. The molecule has 1 N–H and O–H groups in total. The first-order chi connectivity index (χ1) is 9.74. The lowest BCUT2D eigenvalue weighted by atomic mass is 10.1. The molecule has 0 saturated carbocycles. The fourth-order valence-electron chi connectivity index (χ4n) is 1.95. The highest BCUT2D eigenvalue weighted by Crippen LogP contribution is 2.17. The van der Waals surface area contributed by atoms with Crippen molar-refractivity contribution in [2.24, 2.45) is 0 Å². The minimum atomic E-state index is -0.222. The second-order valence-electron chi connectivity index (χ2n) is 4.18. The van der Waals surface area contributed by atoms with Crippen LogP contribution in [0.3, 0.4) is 0 Å². The minimum absolute atomic E-state index is 0.222. The molecule has 4 nitrogen and oxygen atoms in total. The summed E-state index contributed by atoms with van der Waals surface area (Å²) in [4.78, 5) is 20.8. The highest BCUT2D eigenvalue weighted by atomic mass is 79.9. The number of aromatic nitrogens is 2. The van der Waals surface area contributed by atoms with Gasteiger partial charge in [0.05, 0.1) is 11.1 Å². The van der Waals surface area contributed by atoms with Crippen LogP contribution in [-0.4, -0.2) is 15.9 Å². The molecule has 0 fully saturated rings. The third-order valence-corrected chi connectivity index (χ3v) is 3.28. The molecule has 0 aliphatic carbocycles. The Balaban J connectivity index is 1.97. The summed E-state index contributed by atoms with van der Waals surface area (Å²) in [6, 6.07) is 14.6. The average molecular weight is 328 g/mol. The third-order valence-electron chi connectivity index (χ3n) is 2.83. The Hall–Kier alpha value is -2.27. The Bertz CT molecular complexity index is 783. The maximum atomic E-state index is 12.3. The fraction of sp³-hybridized carbons (Fsp3) is 0. The minimum Gasteiger partial charge on any atom is -0.306 e. The van der Waals surface area contributed by atoms with Gasteiger partial charge in [0.1, 0.15) is 10.4 Å². The number of carbonyl (C=O) groups excluding carboxylic acids is 1. The zero-order valence-corrected chi connectivity index (χ0v) is 12.0. The number of pyridine rings is 2. The smallest absolute Gasteiger partial charge is 0.259 e. The van der Waals surface area contributed by atoms with Crippen LogP contribution in [0.1, 0.15) is 10.4 Å². The standard InChI is InChI=1S/C15H10BrN3O/c16-12-7-2-8-13(18-12)19-15(20)11-6-1-4-10-5-3-9-17-14(10)11/h1-9H,(H,18,19,20). The molecule has 0 bridgehead atoms. The summed E-state index contributed by atoms with van der Waals surface area (Å²) in [6.45, 7) is 0. The van der Waals surface area contributed by atoms with Crippen molar-refractivity contribution in [1.82, 2.24) is 9.97 Å². The molecule has 0 radical (unpaired) electrons. The summed E-state index contributed by atoms with van der Waals surface area (Å²) in [5.74, 6) is 0.275. The van der Waals surface area contributed by atoms with Crippen LogP contribution in [0.4, 0.5) is 5.82 Å². The van der Waals surface area contributed by atoms with Crippen LogP contribution in [-0.2, 0) is 0 Å². The molecule has 3 rings (SSSR count). The number of amides is 1. The first-order valence-electron chi connectivity index (χ1n) is 6.02. The quantitative estimate of drug-likeness (QED) is 0.731. The van der Waals surface area contributed by atoms with Crippen molar-refractivity contribution in [2.75, 3.05) is 5.32 Å². The molecule has 2 aromatic heterocycles. The van der Waals surface area contributed by atoms with Gasteiger partial charge in [-0.2, -0.15) is 0 Å². The number of nitrogens with one attached hydrogen (secondary N) is 1. The molecular formula is C15H10BrN3O. The lowest BCUT2D eigenvalue weighted by molar-refractivity contribution is 0.102. The molecule has 0 spiro atoms. The first kappa shape index (κ1) is 12.7. The summed E-state index contributed by atoms with van der Waals surface area (Å²) in [5, 5.41) is 3.70. The van der Waals surface area contributed by atoms with Crippen LogP contribution < -0.4 is 5.32 Å². The number of hydrogen-bond donors (Lipinski definition) is 1. The van der Waals surface area contributed by atoms with Crippen LogP contribution in [0.25, 0.3) is 10.9 Å². The van der Waals surface area contributed by atoms with E-state index in [-0.39, 0.29) is 5.91 Å². The van der Waals surface area contributed by atoms with E-state index in [1.807, 2.05) is 30.3 Å². The van der Waals surface area contributed by atoms with E-state index in [0.717, 1.165) is 5.39 Å². The number of nitrogens with zero attached hydrogens (tertiary/aromatic N) is 2. The Kier molecular flexibility index (Phi) is 3.43. The van der Waals surface area contributed by atoms with Crippen molar-refractivity contribution >= 4 is 38.6 Å². The van der Waals surface area contributed by atoms with E-state index in [0.29, 0.717) is 21.5 Å². The second kappa shape index (κ2) is 5.38.